The minimum Gasteiger partial charge on any atom is -0.396 e. The van der Waals surface area contributed by atoms with E-state index in [1.165, 1.54) is 21.9 Å². The normalized spacial score (nSPS) is 13.0. The Morgan fingerprint density at radius 1 is 1.20 bits per heavy atom. The van der Waals surface area contributed by atoms with Crippen molar-refractivity contribution in [1.82, 2.24) is 0 Å². The van der Waals surface area contributed by atoms with Gasteiger partial charge in [-0.05, 0) is 28.8 Å². The molecule has 2 rings (SSSR count). The zero-order chi connectivity index (χ0) is 10.8. The first-order valence-corrected chi connectivity index (χ1v) is 5.32. The molecule has 0 aliphatic carbocycles. The molecule has 0 fully saturated rings. The van der Waals surface area contributed by atoms with Gasteiger partial charge < -0.3 is 5.11 Å². The van der Waals surface area contributed by atoms with Crippen LogP contribution in [-0.4, -0.2) is 11.7 Å². The molecule has 0 saturated carbocycles. The van der Waals surface area contributed by atoms with E-state index in [0.717, 1.165) is 0 Å². The fourth-order valence-electron chi connectivity index (χ4n) is 1.86. The third-order valence-corrected chi connectivity index (χ3v) is 2.97. The zero-order valence-electron chi connectivity index (χ0n) is 9.20. The molecular weight excluding hydrogens is 184 g/mol. The summed E-state index contributed by atoms with van der Waals surface area (Å²) in [7, 11) is 0. The molecule has 78 valence electrons. The topological polar surface area (TPSA) is 20.2 Å². The smallest absolute Gasteiger partial charge is 0.0497 e. The molecule has 2 aromatic carbocycles. The number of benzene rings is 2. The average Bonchev–Trinajstić information content (AvgIpc) is 2.28. The number of hydrogen-bond acceptors (Lipinski definition) is 1. The maximum atomic E-state index is 9.13. The molecule has 0 heterocycles. The van der Waals surface area contributed by atoms with Crippen molar-refractivity contribution < 1.29 is 5.11 Å². The van der Waals surface area contributed by atoms with Gasteiger partial charge in [0, 0.05) is 12.5 Å². The minimum absolute atomic E-state index is 0.206. The monoisotopic (exact) mass is 200 g/mol. The number of hydrogen-bond donors (Lipinski definition) is 1. The minimum atomic E-state index is 0.206. The third kappa shape index (κ3) is 1.88. The Morgan fingerprint density at radius 3 is 2.73 bits per heavy atom. The Morgan fingerprint density at radius 2 is 2.00 bits per heavy atom. The van der Waals surface area contributed by atoms with E-state index in [0.29, 0.717) is 0 Å². The van der Waals surface area contributed by atoms with E-state index in [-0.39, 0.29) is 12.5 Å². The first-order valence-electron chi connectivity index (χ1n) is 5.32. The Bertz CT molecular complexity index is 474. The number of aliphatic hydroxyl groups is 1. The van der Waals surface area contributed by atoms with Gasteiger partial charge in [-0.15, -0.1) is 0 Å². The van der Waals surface area contributed by atoms with Crippen LogP contribution >= 0.6 is 0 Å². The Kier molecular flexibility index (Phi) is 2.74. The lowest BCUT2D eigenvalue weighted by Gasteiger charge is -2.10. The van der Waals surface area contributed by atoms with Gasteiger partial charge in [0.1, 0.15) is 0 Å². The van der Waals surface area contributed by atoms with Gasteiger partial charge in [0.05, 0.1) is 0 Å². The van der Waals surface area contributed by atoms with Crippen molar-refractivity contribution in [2.24, 2.45) is 0 Å². The van der Waals surface area contributed by atoms with Crippen LogP contribution in [0.25, 0.3) is 10.8 Å². The van der Waals surface area contributed by atoms with Gasteiger partial charge >= 0.3 is 0 Å². The second-order valence-corrected chi connectivity index (χ2v) is 4.14. The molecule has 0 saturated heterocycles. The van der Waals surface area contributed by atoms with E-state index in [2.05, 4.69) is 43.3 Å². The molecule has 1 N–H and O–H groups in total. The molecule has 1 nitrogen and oxygen atoms in total. The van der Waals surface area contributed by atoms with Gasteiger partial charge in [-0.2, -0.15) is 0 Å². The second-order valence-electron chi connectivity index (χ2n) is 4.14. The van der Waals surface area contributed by atoms with E-state index < -0.39 is 0 Å². The van der Waals surface area contributed by atoms with Crippen molar-refractivity contribution >= 4 is 10.8 Å². The van der Waals surface area contributed by atoms with E-state index in [1.54, 1.807) is 0 Å². The highest BCUT2D eigenvalue weighted by Gasteiger charge is 2.05. The standard InChI is InChI=1S/C14H16O/c1-10-4-3-5-12-6-7-13(8-14(10)12)11(2)9-15/h3-8,11,15H,9H2,1-2H3. The van der Waals surface area contributed by atoms with Crippen LogP contribution in [0.2, 0.25) is 0 Å². The lowest BCUT2D eigenvalue weighted by molar-refractivity contribution is 0.273. The van der Waals surface area contributed by atoms with E-state index in [9.17, 15) is 0 Å². The van der Waals surface area contributed by atoms with E-state index >= 15 is 0 Å². The van der Waals surface area contributed by atoms with Crippen LogP contribution in [0.5, 0.6) is 0 Å². The van der Waals surface area contributed by atoms with E-state index in [1.807, 2.05) is 6.92 Å². The molecule has 0 aliphatic heterocycles. The lowest BCUT2D eigenvalue weighted by atomic mass is 9.96. The summed E-state index contributed by atoms with van der Waals surface area (Å²) in [5, 5.41) is 11.7. The zero-order valence-corrected chi connectivity index (χ0v) is 9.20. The molecule has 1 heteroatoms. The molecule has 0 aromatic heterocycles. The highest BCUT2D eigenvalue weighted by atomic mass is 16.3. The maximum absolute atomic E-state index is 9.13. The Hall–Kier alpha value is -1.34. The summed E-state index contributed by atoms with van der Waals surface area (Å²) < 4.78 is 0. The van der Waals surface area contributed by atoms with Crippen molar-refractivity contribution in [1.29, 1.82) is 0 Å². The van der Waals surface area contributed by atoms with Crippen molar-refractivity contribution in [2.75, 3.05) is 6.61 Å². The van der Waals surface area contributed by atoms with Crippen LogP contribution in [0.4, 0.5) is 0 Å². The highest BCUT2D eigenvalue weighted by Crippen LogP contribution is 2.23. The molecule has 0 spiro atoms. The van der Waals surface area contributed by atoms with Crippen LogP contribution in [-0.2, 0) is 0 Å². The summed E-state index contributed by atoms with van der Waals surface area (Å²) in [4.78, 5) is 0. The summed E-state index contributed by atoms with van der Waals surface area (Å²) >= 11 is 0. The van der Waals surface area contributed by atoms with E-state index in [4.69, 9.17) is 5.11 Å². The maximum Gasteiger partial charge on any atom is 0.0497 e. The number of aryl methyl sites for hydroxylation is 1. The van der Waals surface area contributed by atoms with Gasteiger partial charge in [-0.3, -0.25) is 0 Å². The summed E-state index contributed by atoms with van der Waals surface area (Å²) in [6.07, 6.45) is 0. The van der Waals surface area contributed by atoms with Gasteiger partial charge in [-0.1, -0.05) is 43.3 Å². The van der Waals surface area contributed by atoms with Gasteiger partial charge in [0.15, 0.2) is 0 Å². The molecule has 0 bridgehead atoms. The number of fused-ring (bicyclic) bond motifs is 1. The summed E-state index contributed by atoms with van der Waals surface area (Å²) in [5.74, 6) is 0.217. The molecule has 1 atom stereocenters. The highest BCUT2D eigenvalue weighted by molar-refractivity contribution is 5.86. The van der Waals surface area contributed by atoms with Crippen LogP contribution < -0.4 is 0 Å². The van der Waals surface area contributed by atoms with Gasteiger partial charge in [-0.25, -0.2) is 0 Å². The van der Waals surface area contributed by atoms with Crippen LogP contribution in [0, 0.1) is 6.92 Å². The molecule has 1 unspecified atom stereocenters. The average molecular weight is 200 g/mol. The third-order valence-electron chi connectivity index (χ3n) is 2.97. The molecular formula is C14H16O. The van der Waals surface area contributed by atoms with Crippen LogP contribution in [0.1, 0.15) is 24.0 Å². The number of aliphatic hydroxyl groups excluding tert-OH is 1. The van der Waals surface area contributed by atoms with Crippen molar-refractivity contribution in [3.05, 3.63) is 47.5 Å². The molecule has 2 aromatic rings. The van der Waals surface area contributed by atoms with Crippen LogP contribution in [0.3, 0.4) is 0 Å². The largest absolute Gasteiger partial charge is 0.396 e. The van der Waals surface area contributed by atoms with Gasteiger partial charge in [0.25, 0.3) is 0 Å². The van der Waals surface area contributed by atoms with Crippen molar-refractivity contribution in [3.8, 4) is 0 Å². The molecule has 0 radical (unpaired) electrons. The predicted octanol–water partition coefficient (Wildman–Crippen LogP) is 3.24. The quantitative estimate of drug-likeness (QED) is 0.789. The predicted molar refractivity (Wildman–Crippen MR) is 64.2 cm³/mol. The Labute approximate surface area is 90.4 Å². The molecule has 0 amide bonds. The molecule has 15 heavy (non-hydrogen) atoms. The first kappa shape index (κ1) is 10.2. The van der Waals surface area contributed by atoms with Gasteiger partial charge in [0.2, 0.25) is 0 Å². The van der Waals surface area contributed by atoms with Crippen molar-refractivity contribution in [2.45, 2.75) is 19.8 Å². The summed E-state index contributed by atoms with van der Waals surface area (Å²) in [5.41, 5.74) is 2.50. The second kappa shape index (κ2) is 4.03. The SMILES string of the molecule is Cc1cccc2ccc(C(C)CO)cc12. The summed E-state index contributed by atoms with van der Waals surface area (Å²) in [6.45, 7) is 4.37. The lowest BCUT2D eigenvalue weighted by Crippen LogP contribution is -1.98. The van der Waals surface area contributed by atoms with Crippen LogP contribution in [0.15, 0.2) is 36.4 Å². The summed E-state index contributed by atoms with van der Waals surface area (Å²) in [6, 6.07) is 12.7. The van der Waals surface area contributed by atoms with Crippen molar-refractivity contribution in [3.63, 3.8) is 0 Å². The fraction of sp³-hybridized carbons (Fsp3) is 0.286. The first-order chi connectivity index (χ1) is 7.22. The number of rotatable bonds is 2. The fourth-order valence-corrected chi connectivity index (χ4v) is 1.86. The molecule has 0 aliphatic rings. The Balaban J connectivity index is 2.59.